The van der Waals surface area contributed by atoms with Gasteiger partial charge in [0.1, 0.15) is 4.88 Å². The van der Waals surface area contributed by atoms with Crippen molar-refractivity contribution in [1.29, 1.82) is 0 Å². The van der Waals surface area contributed by atoms with E-state index in [2.05, 4.69) is 52.8 Å². The van der Waals surface area contributed by atoms with Gasteiger partial charge < -0.3 is 9.73 Å². The molecule has 110 valence electrons. The molecule has 0 saturated heterocycles. The molecule has 6 nitrogen and oxygen atoms in total. The van der Waals surface area contributed by atoms with Crippen LogP contribution in [0.2, 0.25) is 0 Å². The van der Waals surface area contributed by atoms with Crippen molar-refractivity contribution in [2.45, 2.75) is 46.0 Å². The van der Waals surface area contributed by atoms with Crippen molar-refractivity contribution < 1.29 is 4.42 Å². The molecule has 0 unspecified atom stereocenters. The van der Waals surface area contributed by atoms with Crippen molar-refractivity contribution in [3.8, 4) is 10.8 Å². The van der Waals surface area contributed by atoms with E-state index in [1.807, 2.05) is 0 Å². The molecule has 0 aromatic carbocycles. The Hall–Kier alpha value is -1.34. The molecule has 0 fully saturated rings. The van der Waals surface area contributed by atoms with Gasteiger partial charge in [-0.05, 0) is 24.5 Å². The van der Waals surface area contributed by atoms with Gasteiger partial charge in [-0.2, -0.15) is 0 Å². The zero-order valence-corrected chi connectivity index (χ0v) is 13.3. The van der Waals surface area contributed by atoms with Gasteiger partial charge in [-0.25, -0.2) is 0 Å². The van der Waals surface area contributed by atoms with Crippen LogP contribution in [0.5, 0.6) is 0 Å². The molecular formula is C13H21N5OS. The van der Waals surface area contributed by atoms with Gasteiger partial charge >= 0.3 is 0 Å². The van der Waals surface area contributed by atoms with Gasteiger partial charge in [0.15, 0.2) is 0 Å². The van der Waals surface area contributed by atoms with Crippen LogP contribution in [0, 0.1) is 0 Å². The highest BCUT2D eigenvalue weighted by Crippen LogP contribution is 2.32. The fourth-order valence-electron chi connectivity index (χ4n) is 1.77. The zero-order valence-electron chi connectivity index (χ0n) is 12.4. The van der Waals surface area contributed by atoms with E-state index in [1.54, 1.807) is 0 Å². The summed E-state index contributed by atoms with van der Waals surface area (Å²) in [6.07, 6.45) is 1.86. The number of hydrogen-bond acceptors (Lipinski definition) is 7. The Balaban J connectivity index is 2.07. The Labute approximate surface area is 123 Å². The van der Waals surface area contributed by atoms with Crippen LogP contribution in [0.4, 0.5) is 0 Å². The maximum Gasteiger partial charge on any atom is 0.261 e. The second-order valence-electron chi connectivity index (χ2n) is 5.70. The summed E-state index contributed by atoms with van der Waals surface area (Å²) in [4.78, 5) is 0.873. The lowest BCUT2D eigenvalue weighted by molar-refractivity contribution is 0.492. The predicted molar refractivity (Wildman–Crippen MR) is 78.8 cm³/mol. The summed E-state index contributed by atoms with van der Waals surface area (Å²) in [5.74, 6) is 1.17. The first-order valence-corrected chi connectivity index (χ1v) is 7.66. The van der Waals surface area contributed by atoms with Gasteiger partial charge in [0, 0.05) is 18.4 Å². The lowest BCUT2D eigenvalue weighted by Crippen LogP contribution is -2.17. The molecule has 0 radical (unpaired) electrons. The van der Waals surface area contributed by atoms with Gasteiger partial charge in [-0.1, -0.05) is 32.2 Å². The second kappa shape index (κ2) is 6.41. The van der Waals surface area contributed by atoms with Crippen molar-refractivity contribution in [3.63, 3.8) is 0 Å². The molecule has 0 bridgehead atoms. The maximum absolute atomic E-state index is 5.71. The summed E-state index contributed by atoms with van der Waals surface area (Å²) >= 11 is 1.30. The molecule has 0 aliphatic rings. The van der Waals surface area contributed by atoms with E-state index in [0.717, 1.165) is 36.5 Å². The number of hydrogen-bond donors (Lipinski definition) is 1. The summed E-state index contributed by atoms with van der Waals surface area (Å²) in [5, 5.41) is 15.7. The van der Waals surface area contributed by atoms with Gasteiger partial charge in [0.05, 0.1) is 5.69 Å². The van der Waals surface area contributed by atoms with Crippen LogP contribution >= 0.6 is 11.5 Å². The summed E-state index contributed by atoms with van der Waals surface area (Å²) in [6, 6.07) is 0. The first kappa shape index (κ1) is 15.1. The smallest absolute Gasteiger partial charge is 0.261 e. The molecular weight excluding hydrogens is 274 g/mol. The molecule has 2 aromatic heterocycles. The molecule has 0 atom stereocenters. The topological polar surface area (TPSA) is 76.7 Å². The van der Waals surface area contributed by atoms with Crippen LogP contribution in [-0.2, 0) is 11.8 Å². The van der Waals surface area contributed by atoms with Crippen molar-refractivity contribution in [1.82, 2.24) is 25.1 Å². The second-order valence-corrected chi connectivity index (χ2v) is 6.46. The van der Waals surface area contributed by atoms with E-state index in [9.17, 15) is 0 Å². The molecule has 0 amide bonds. The molecule has 2 heterocycles. The number of aromatic nitrogens is 4. The molecule has 0 aliphatic carbocycles. The molecule has 20 heavy (non-hydrogen) atoms. The number of rotatable bonds is 6. The van der Waals surface area contributed by atoms with Crippen LogP contribution in [0.15, 0.2) is 4.42 Å². The summed E-state index contributed by atoms with van der Waals surface area (Å²) in [5.41, 5.74) is 0.821. The van der Waals surface area contributed by atoms with Crippen LogP contribution in [-0.4, -0.2) is 32.9 Å². The fourth-order valence-corrected chi connectivity index (χ4v) is 2.56. The third-order valence-electron chi connectivity index (χ3n) is 2.80. The number of nitrogens with zero attached hydrogens (tertiary/aromatic N) is 4. The lowest BCUT2D eigenvalue weighted by Gasteiger charge is -2.14. The van der Waals surface area contributed by atoms with E-state index in [0.29, 0.717) is 11.8 Å². The largest absolute Gasteiger partial charge is 0.420 e. The van der Waals surface area contributed by atoms with E-state index >= 15 is 0 Å². The highest BCUT2D eigenvalue weighted by Gasteiger charge is 2.26. The van der Waals surface area contributed by atoms with E-state index in [1.165, 1.54) is 11.5 Å². The SMILES string of the molecule is CCCNCCc1nnc(-c2snnc2C(C)(C)C)o1. The molecule has 1 N–H and O–H groups in total. The van der Waals surface area contributed by atoms with Crippen molar-refractivity contribution in [2.75, 3.05) is 13.1 Å². The summed E-state index contributed by atoms with van der Waals surface area (Å²) in [7, 11) is 0. The Morgan fingerprint density at radius 1 is 1.15 bits per heavy atom. The van der Waals surface area contributed by atoms with Crippen molar-refractivity contribution in [2.24, 2.45) is 0 Å². The van der Waals surface area contributed by atoms with E-state index in [-0.39, 0.29) is 5.41 Å². The minimum absolute atomic E-state index is 0.0837. The molecule has 2 aromatic rings. The standard InChI is InChI=1S/C13H21N5OS/c1-5-7-14-8-6-9-15-17-12(19-9)10-11(13(2,3)4)16-18-20-10/h14H,5-8H2,1-4H3. The van der Waals surface area contributed by atoms with Crippen LogP contribution in [0.25, 0.3) is 10.8 Å². The monoisotopic (exact) mass is 295 g/mol. The third-order valence-corrected chi connectivity index (χ3v) is 3.52. The van der Waals surface area contributed by atoms with E-state index < -0.39 is 0 Å². The highest BCUT2D eigenvalue weighted by molar-refractivity contribution is 7.09. The highest BCUT2D eigenvalue weighted by atomic mass is 32.1. The predicted octanol–water partition coefficient (Wildman–Crippen LogP) is 2.43. The molecule has 2 rings (SSSR count). The Morgan fingerprint density at radius 3 is 2.65 bits per heavy atom. The Bertz CT molecular complexity index is 543. The first-order valence-electron chi connectivity index (χ1n) is 6.88. The Morgan fingerprint density at radius 2 is 1.95 bits per heavy atom. The summed E-state index contributed by atoms with van der Waals surface area (Å²) < 4.78 is 9.72. The van der Waals surface area contributed by atoms with E-state index in [4.69, 9.17) is 4.42 Å². The van der Waals surface area contributed by atoms with Crippen LogP contribution < -0.4 is 5.32 Å². The average molecular weight is 295 g/mol. The third kappa shape index (κ3) is 3.61. The quantitative estimate of drug-likeness (QED) is 0.825. The fraction of sp³-hybridized carbons (Fsp3) is 0.692. The molecule has 0 spiro atoms. The molecule has 0 aliphatic heterocycles. The van der Waals surface area contributed by atoms with Crippen LogP contribution in [0.1, 0.15) is 45.7 Å². The van der Waals surface area contributed by atoms with Gasteiger partial charge in [-0.3, -0.25) is 0 Å². The van der Waals surface area contributed by atoms with Gasteiger partial charge in [0.25, 0.3) is 5.89 Å². The van der Waals surface area contributed by atoms with Crippen molar-refractivity contribution >= 4 is 11.5 Å². The minimum atomic E-state index is -0.0837. The first-order chi connectivity index (χ1) is 9.52. The van der Waals surface area contributed by atoms with Crippen LogP contribution in [0.3, 0.4) is 0 Å². The average Bonchev–Trinajstić information content (AvgIpc) is 3.01. The van der Waals surface area contributed by atoms with Crippen molar-refractivity contribution in [3.05, 3.63) is 11.6 Å². The van der Waals surface area contributed by atoms with Gasteiger partial charge in [-0.15, -0.1) is 15.3 Å². The lowest BCUT2D eigenvalue weighted by atomic mass is 9.91. The zero-order chi connectivity index (χ0) is 14.6. The maximum atomic E-state index is 5.71. The summed E-state index contributed by atoms with van der Waals surface area (Å²) in [6.45, 7) is 10.3. The molecule has 0 saturated carbocycles. The number of nitrogens with one attached hydrogen (secondary N) is 1. The molecule has 7 heteroatoms. The Kier molecular flexibility index (Phi) is 4.82. The minimum Gasteiger partial charge on any atom is -0.420 e. The van der Waals surface area contributed by atoms with Gasteiger partial charge in [0.2, 0.25) is 5.89 Å². The normalized spacial score (nSPS) is 12.0.